The lowest BCUT2D eigenvalue weighted by Gasteiger charge is -2.30. The van der Waals surface area contributed by atoms with Crippen molar-refractivity contribution >= 4 is 24.2 Å². The van der Waals surface area contributed by atoms with Crippen molar-refractivity contribution in [3.05, 3.63) is 0 Å². The summed E-state index contributed by atoms with van der Waals surface area (Å²) < 4.78 is 27.8. The molecule has 0 aromatic carbocycles. The molecule has 0 aromatic rings. The first-order valence-electron chi connectivity index (χ1n) is 5.80. The third-order valence-electron chi connectivity index (χ3n) is 2.19. The van der Waals surface area contributed by atoms with Crippen molar-refractivity contribution in [2.24, 2.45) is 0 Å². The van der Waals surface area contributed by atoms with Gasteiger partial charge in [-0.05, 0) is 6.92 Å². The summed E-state index contributed by atoms with van der Waals surface area (Å²) in [5.74, 6) is -2.37. The van der Waals surface area contributed by atoms with Crippen LogP contribution in [-0.2, 0) is 33.4 Å². The molecule has 0 saturated carbocycles. The van der Waals surface area contributed by atoms with E-state index in [0.717, 1.165) is 20.8 Å². The third-order valence-corrected chi connectivity index (χ3v) is 2.19. The van der Waals surface area contributed by atoms with Gasteiger partial charge in [0.1, 0.15) is 6.10 Å². The summed E-state index contributed by atoms with van der Waals surface area (Å²) in [4.78, 5) is 43.4. The first kappa shape index (κ1) is 18.0. The van der Waals surface area contributed by atoms with Crippen LogP contribution in [-0.4, -0.2) is 48.7 Å². The van der Waals surface area contributed by atoms with Gasteiger partial charge in [-0.25, -0.2) is 4.39 Å². The lowest BCUT2D eigenvalue weighted by atomic mass is 10.0. The summed E-state index contributed by atoms with van der Waals surface area (Å²) in [7, 11) is 0. The topological polar surface area (TPSA) is 96.0 Å². The van der Waals surface area contributed by atoms with Crippen molar-refractivity contribution in [3.63, 3.8) is 0 Å². The first-order valence-corrected chi connectivity index (χ1v) is 5.80. The van der Waals surface area contributed by atoms with E-state index >= 15 is 0 Å². The molecule has 114 valence electrons. The molecule has 0 aliphatic rings. The predicted molar refractivity (Wildman–Crippen MR) is 63.3 cm³/mol. The lowest BCUT2D eigenvalue weighted by molar-refractivity contribution is -0.186. The molecular weight excluding hydrogens is 275 g/mol. The fraction of sp³-hybridized carbons (Fsp3) is 0.667. The third kappa shape index (κ3) is 6.26. The first-order chi connectivity index (χ1) is 9.18. The molecule has 0 fully saturated rings. The van der Waals surface area contributed by atoms with Gasteiger partial charge < -0.3 is 14.2 Å². The highest BCUT2D eigenvalue weighted by molar-refractivity contribution is 5.69. The van der Waals surface area contributed by atoms with Gasteiger partial charge in [-0.2, -0.15) is 0 Å². The summed E-state index contributed by atoms with van der Waals surface area (Å²) in [6.07, 6.45) is -6.53. The Morgan fingerprint density at radius 3 is 1.65 bits per heavy atom. The molecule has 0 heterocycles. The quantitative estimate of drug-likeness (QED) is 0.379. The van der Waals surface area contributed by atoms with Crippen LogP contribution >= 0.6 is 0 Å². The van der Waals surface area contributed by atoms with E-state index in [1.54, 1.807) is 0 Å². The van der Waals surface area contributed by atoms with E-state index in [2.05, 4.69) is 4.74 Å². The largest absolute Gasteiger partial charge is 0.459 e. The minimum absolute atomic E-state index is 0.0927. The number of hydrogen-bond acceptors (Lipinski definition) is 7. The smallest absolute Gasteiger partial charge is 0.303 e. The van der Waals surface area contributed by atoms with Crippen LogP contribution in [0, 0.1) is 0 Å². The maximum Gasteiger partial charge on any atom is 0.303 e. The summed E-state index contributed by atoms with van der Waals surface area (Å²) in [6.45, 7) is 4.48. The number of aldehydes is 1. The molecule has 8 heteroatoms. The van der Waals surface area contributed by atoms with Crippen molar-refractivity contribution in [2.75, 3.05) is 0 Å². The molecule has 0 aliphatic carbocycles. The summed E-state index contributed by atoms with van der Waals surface area (Å²) in [6, 6.07) is 0. The van der Waals surface area contributed by atoms with E-state index in [4.69, 9.17) is 9.47 Å². The average molecular weight is 292 g/mol. The van der Waals surface area contributed by atoms with E-state index < -0.39 is 42.4 Å². The zero-order valence-electron chi connectivity index (χ0n) is 11.6. The fourth-order valence-electron chi connectivity index (χ4n) is 1.53. The van der Waals surface area contributed by atoms with Gasteiger partial charge in [-0.15, -0.1) is 0 Å². The Morgan fingerprint density at radius 2 is 1.30 bits per heavy atom. The molecular formula is C12H17FO7. The van der Waals surface area contributed by atoms with Crippen molar-refractivity contribution in [1.29, 1.82) is 0 Å². The highest BCUT2D eigenvalue weighted by atomic mass is 19.1. The number of rotatable bonds is 7. The lowest BCUT2D eigenvalue weighted by Crippen LogP contribution is -2.48. The molecule has 0 unspecified atom stereocenters. The van der Waals surface area contributed by atoms with Gasteiger partial charge in [0.05, 0.1) is 0 Å². The molecule has 4 atom stereocenters. The number of halogens is 1. The molecule has 0 amide bonds. The van der Waals surface area contributed by atoms with Gasteiger partial charge in [-0.1, -0.05) is 0 Å². The van der Waals surface area contributed by atoms with Gasteiger partial charge in [0.2, 0.25) is 0 Å². The van der Waals surface area contributed by atoms with E-state index in [0.29, 0.717) is 0 Å². The zero-order chi connectivity index (χ0) is 15.9. The molecule has 0 radical (unpaired) electrons. The molecule has 0 rings (SSSR count). The number of esters is 3. The van der Waals surface area contributed by atoms with Gasteiger partial charge in [-0.3, -0.25) is 19.2 Å². The van der Waals surface area contributed by atoms with Crippen LogP contribution < -0.4 is 0 Å². The second-order valence-corrected chi connectivity index (χ2v) is 4.04. The zero-order valence-corrected chi connectivity index (χ0v) is 11.6. The van der Waals surface area contributed by atoms with Crippen LogP contribution in [0.1, 0.15) is 27.7 Å². The molecule has 0 aromatic heterocycles. The molecule has 0 bridgehead atoms. The average Bonchev–Trinajstić information content (AvgIpc) is 2.30. The Morgan fingerprint density at radius 1 is 0.900 bits per heavy atom. The summed E-state index contributed by atoms with van der Waals surface area (Å²) in [5, 5.41) is 0. The number of alkyl halides is 1. The Labute approximate surface area is 115 Å². The number of carbonyl (C=O) groups excluding carboxylic acids is 4. The highest BCUT2D eigenvalue weighted by Gasteiger charge is 2.40. The number of hydrogen-bond donors (Lipinski definition) is 0. The number of carbonyl (C=O) groups is 4. The molecule has 0 aliphatic heterocycles. The second-order valence-electron chi connectivity index (χ2n) is 4.04. The van der Waals surface area contributed by atoms with Gasteiger partial charge in [0, 0.05) is 20.8 Å². The van der Waals surface area contributed by atoms with Crippen molar-refractivity contribution in [3.8, 4) is 0 Å². The molecule has 20 heavy (non-hydrogen) atoms. The standard InChI is InChI=1S/C12H17FO7/c1-6(18-7(2)15)11(19-8(3)16)12(10(13)5-14)20-9(4)17/h5-6,10-12H,1-4H3/t6-,10-,11-,12-/m0/s1. The van der Waals surface area contributed by atoms with Crippen LogP contribution in [0.4, 0.5) is 4.39 Å². The molecule has 0 spiro atoms. The van der Waals surface area contributed by atoms with Crippen LogP contribution in [0.2, 0.25) is 0 Å². The second kappa shape index (κ2) is 8.23. The Kier molecular flexibility index (Phi) is 7.42. The minimum atomic E-state index is -2.22. The molecule has 0 saturated heterocycles. The molecule has 0 N–H and O–H groups in total. The molecule has 7 nitrogen and oxygen atoms in total. The SMILES string of the molecule is CC(=O)O[C@H]([C@@H](OC(C)=O)[C@@H](F)C=O)[C@H](C)OC(C)=O. The Balaban J connectivity index is 5.27. The summed E-state index contributed by atoms with van der Waals surface area (Å²) in [5.41, 5.74) is 0. The van der Waals surface area contributed by atoms with Gasteiger partial charge in [0.15, 0.2) is 24.7 Å². The van der Waals surface area contributed by atoms with Crippen LogP contribution in [0.5, 0.6) is 0 Å². The Hall–Kier alpha value is -1.99. The fourth-order valence-corrected chi connectivity index (χ4v) is 1.53. The minimum Gasteiger partial charge on any atom is -0.459 e. The number of ether oxygens (including phenoxy) is 3. The van der Waals surface area contributed by atoms with Crippen LogP contribution in [0.15, 0.2) is 0 Å². The predicted octanol–water partition coefficient (Wildman–Crippen LogP) is 0.338. The van der Waals surface area contributed by atoms with Crippen molar-refractivity contribution in [1.82, 2.24) is 0 Å². The van der Waals surface area contributed by atoms with Crippen LogP contribution in [0.3, 0.4) is 0 Å². The Bertz CT molecular complexity index is 382. The van der Waals surface area contributed by atoms with E-state index in [1.807, 2.05) is 0 Å². The van der Waals surface area contributed by atoms with Crippen molar-refractivity contribution in [2.45, 2.75) is 52.2 Å². The van der Waals surface area contributed by atoms with Gasteiger partial charge >= 0.3 is 17.9 Å². The monoisotopic (exact) mass is 292 g/mol. The maximum atomic E-state index is 13.6. The summed E-state index contributed by atoms with van der Waals surface area (Å²) >= 11 is 0. The normalized spacial score (nSPS) is 16.2. The van der Waals surface area contributed by atoms with E-state index in [-0.39, 0.29) is 6.29 Å². The van der Waals surface area contributed by atoms with E-state index in [9.17, 15) is 23.6 Å². The van der Waals surface area contributed by atoms with Gasteiger partial charge in [0.25, 0.3) is 0 Å². The highest BCUT2D eigenvalue weighted by Crippen LogP contribution is 2.17. The van der Waals surface area contributed by atoms with Crippen LogP contribution in [0.25, 0.3) is 0 Å². The van der Waals surface area contributed by atoms with E-state index in [1.165, 1.54) is 6.92 Å². The van der Waals surface area contributed by atoms with Crippen molar-refractivity contribution < 1.29 is 37.8 Å². The maximum absolute atomic E-state index is 13.6.